The van der Waals surface area contributed by atoms with E-state index in [0.29, 0.717) is 23.3 Å². The molecule has 2 aromatic rings. The molecule has 1 atom stereocenters. The molecule has 0 aliphatic carbocycles. The van der Waals surface area contributed by atoms with Crippen molar-refractivity contribution in [3.8, 4) is 11.5 Å². The molecule has 2 N–H and O–H groups in total. The zero-order chi connectivity index (χ0) is 14.7. The van der Waals surface area contributed by atoms with E-state index in [9.17, 15) is 0 Å². The summed E-state index contributed by atoms with van der Waals surface area (Å²) in [6.07, 6.45) is 0.114. The second-order valence-corrected chi connectivity index (χ2v) is 5.34. The standard InChI is InChI=1S/C14H18ClN3O2/c1-8(2)19-7-12(16)13-17-14(20-18-13)11-6-10(15)5-4-9(11)3/h4-6,8,12H,7,16H2,1-3H3. The average Bonchev–Trinajstić information content (AvgIpc) is 2.88. The van der Waals surface area contributed by atoms with Gasteiger partial charge in [-0.15, -0.1) is 0 Å². The van der Waals surface area contributed by atoms with Gasteiger partial charge in [0, 0.05) is 10.6 Å². The van der Waals surface area contributed by atoms with Crippen molar-refractivity contribution in [2.24, 2.45) is 5.73 Å². The second-order valence-electron chi connectivity index (χ2n) is 4.91. The van der Waals surface area contributed by atoms with E-state index in [1.54, 1.807) is 6.07 Å². The lowest BCUT2D eigenvalue weighted by Gasteiger charge is -2.10. The average molecular weight is 296 g/mol. The number of hydrogen-bond acceptors (Lipinski definition) is 5. The Labute approximate surface area is 123 Å². The largest absolute Gasteiger partial charge is 0.377 e. The summed E-state index contributed by atoms with van der Waals surface area (Å²) in [6, 6.07) is 5.11. The van der Waals surface area contributed by atoms with Crippen LogP contribution in [0.2, 0.25) is 5.02 Å². The highest BCUT2D eigenvalue weighted by atomic mass is 35.5. The molecule has 0 aliphatic rings. The number of aromatic nitrogens is 2. The number of aryl methyl sites for hydroxylation is 1. The molecular weight excluding hydrogens is 278 g/mol. The molecule has 1 aromatic heterocycles. The first-order valence-electron chi connectivity index (χ1n) is 6.44. The van der Waals surface area contributed by atoms with Crippen molar-refractivity contribution >= 4 is 11.6 Å². The highest BCUT2D eigenvalue weighted by Crippen LogP contribution is 2.25. The van der Waals surface area contributed by atoms with Gasteiger partial charge in [-0.2, -0.15) is 4.98 Å². The lowest BCUT2D eigenvalue weighted by atomic mass is 10.1. The van der Waals surface area contributed by atoms with Crippen LogP contribution in [0.3, 0.4) is 0 Å². The van der Waals surface area contributed by atoms with E-state index in [0.717, 1.165) is 11.1 Å². The van der Waals surface area contributed by atoms with Gasteiger partial charge < -0.3 is 15.0 Å². The molecule has 108 valence electrons. The maximum absolute atomic E-state index is 5.99. The molecule has 1 heterocycles. The van der Waals surface area contributed by atoms with E-state index in [4.69, 9.17) is 26.6 Å². The first-order valence-corrected chi connectivity index (χ1v) is 6.82. The number of ether oxygens (including phenoxy) is 1. The SMILES string of the molecule is Cc1ccc(Cl)cc1-c1nc(C(N)COC(C)C)no1. The zero-order valence-corrected chi connectivity index (χ0v) is 12.5. The number of rotatable bonds is 5. The van der Waals surface area contributed by atoms with E-state index in [1.165, 1.54) is 0 Å². The van der Waals surface area contributed by atoms with Gasteiger partial charge >= 0.3 is 0 Å². The van der Waals surface area contributed by atoms with Crippen molar-refractivity contribution in [3.05, 3.63) is 34.6 Å². The Bertz CT molecular complexity index is 584. The minimum atomic E-state index is -0.408. The van der Waals surface area contributed by atoms with Crippen LogP contribution in [-0.2, 0) is 4.74 Å². The summed E-state index contributed by atoms with van der Waals surface area (Å²) < 4.78 is 10.7. The highest BCUT2D eigenvalue weighted by molar-refractivity contribution is 6.30. The normalized spacial score (nSPS) is 12.9. The lowest BCUT2D eigenvalue weighted by Crippen LogP contribution is -2.20. The molecule has 0 radical (unpaired) electrons. The fourth-order valence-electron chi connectivity index (χ4n) is 1.69. The van der Waals surface area contributed by atoms with Crippen LogP contribution in [0.25, 0.3) is 11.5 Å². The third-order valence-electron chi connectivity index (χ3n) is 2.81. The fourth-order valence-corrected chi connectivity index (χ4v) is 1.86. The minimum absolute atomic E-state index is 0.114. The van der Waals surface area contributed by atoms with E-state index >= 15 is 0 Å². The third-order valence-corrected chi connectivity index (χ3v) is 3.05. The van der Waals surface area contributed by atoms with E-state index in [1.807, 2.05) is 32.9 Å². The molecule has 0 aliphatic heterocycles. The van der Waals surface area contributed by atoms with Crippen LogP contribution >= 0.6 is 11.6 Å². The van der Waals surface area contributed by atoms with Crippen LogP contribution in [0, 0.1) is 6.92 Å². The Morgan fingerprint density at radius 1 is 1.40 bits per heavy atom. The summed E-state index contributed by atoms with van der Waals surface area (Å²) in [5.41, 5.74) is 7.79. The van der Waals surface area contributed by atoms with Crippen molar-refractivity contribution in [1.82, 2.24) is 10.1 Å². The topological polar surface area (TPSA) is 74.2 Å². The molecule has 0 bridgehead atoms. The van der Waals surface area contributed by atoms with Crippen LogP contribution in [0.15, 0.2) is 22.7 Å². The monoisotopic (exact) mass is 295 g/mol. The van der Waals surface area contributed by atoms with Crippen LogP contribution in [-0.4, -0.2) is 22.9 Å². The summed E-state index contributed by atoms with van der Waals surface area (Å²) in [5, 5.41) is 4.53. The van der Waals surface area contributed by atoms with Crippen LogP contribution < -0.4 is 5.73 Å². The second kappa shape index (κ2) is 6.35. The van der Waals surface area contributed by atoms with Crippen molar-refractivity contribution in [1.29, 1.82) is 0 Å². The first kappa shape index (κ1) is 15.0. The van der Waals surface area contributed by atoms with Crippen molar-refractivity contribution < 1.29 is 9.26 Å². The maximum Gasteiger partial charge on any atom is 0.258 e. The first-order chi connectivity index (χ1) is 9.47. The lowest BCUT2D eigenvalue weighted by molar-refractivity contribution is 0.0665. The van der Waals surface area contributed by atoms with Crippen molar-refractivity contribution in [3.63, 3.8) is 0 Å². The van der Waals surface area contributed by atoms with Crippen molar-refractivity contribution in [2.75, 3.05) is 6.61 Å². The molecule has 0 saturated heterocycles. The highest BCUT2D eigenvalue weighted by Gasteiger charge is 2.17. The Morgan fingerprint density at radius 3 is 2.85 bits per heavy atom. The molecule has 0 saturated carbocycles. The van der Waals surface area contributed by atoms with Crippen LogP contribution in [0.5, 0.6) is 0 Å². The molecule has 2 rings (SSSR count). The fraction of sp³-hybridized carbons (Fsp3) is 0.429. The van der Waals surface area contributed by atoms with Gasteiger partial charge in [-0.05, 0) is 38.5 Å². The van der Waals surface area contributed by atoms with Crippen LogP contribution in [0.1, 0.15) is 31.3 Å². The van der Waals surface area contributed by atoms with Gasteiger partial charge in [-0.1, -0.05) is 22.8 Å². The predicted octanol–water partition coefficient (Wildman–Crippen LogP) is 3.12. The number of halogens is 1. The number of nitrogens with two attached hydrogens (primary N) is 1. The summed E-state index contributed by atoms with van der Waals surface area (Å²) in [7, 11) is 0. The van der Waals surface area contributed by atoms with Crippen LogP contribution in [0.4, 0.5) is 0 Å². The summed E-state index contributed by atoms with van der Waals surface area (Å²) in [5.74, 6) is 0.847. The Kier molecular flexibility index (Phi) is 4.75. The zero-order valence-electron chi connectivity index (χ0n) is 11.8. The van der Waals surface area contributed by atoms with Gasteiger partial charge in [0.05, 0.1) is 18.8 Å². The Hall–Kier alpha value is -1.43. The minimum Gasteiger partial charge on any atom is -0.377 e. The Balaban J connectivity index is 2.18. The van der Waals surface area contributed by atoms with Gasteiger partial charge in [0.15, 0.2) is 5.82 Å². The van der Waals surface area contributed by atoms with Gasteiger partial charge in [-0.3, -0.25) is 0 Å². The molecule has 6 heteroatoms. The van der Waals surface area contributed by atoms with E-state index < -0.39 is 6.04 Å². The molecule has 0 fully saturated rings. The van der Waals surface area contributed by atoms with Gasteiger partial charge in [0.1, 0.15) is 0 Å². The Morgan fingerprint density at radius 2 is 2.15 bits per heavy atom. The van der Waals surface area contributed by atoms with Crippen molar-refractivity contribution in [2.45, 2.75) is 32.9 Å². The number of nitrogens with zero attached hydrogens (tertiary/aromatic N) is 2. The molecule has 5 nitrogen and oxygen atoms in total. The van der Waals surface area contributed by atoms with Gasteiger partial charge in [-0.25, -0.2) is 0 Å². The van der Waals surface area contributed by atoms with E-state index in [-0.39, 0.29) is 6.10 Å². The van der Waals surface area contributed by atoms with E-state index in [2.05, 4.69) is 10.1 Å². The molecule has 0 amide bonds. The number of benzene rings is 1. The molecule has 20 heavy (non-hydrogen) atoms. The number of hydrogen-bond donors (Lipinski definition) is 1. The summed E-state index contributed by atoms with van der Waals surface area (Å²) in [4.78, 5) is 4.32. The molecular formula is C14H18ClN3O2. The summed E-state index contributed by atoms with van der Waals surface area (Å²) >= 11 is 5.99. The van der Waals surface area contributed by atoms with Gasteiger partial charge in [0.2, 0.25) is 0 Å². The quantitative estimate of drug-likeness (QED) is 0.917. The maximum atomic E-state index is 5.99. The summed E-state index contributed by atoms with van der Waals surface area (Å²) in [6.45, 7) is 6.20. The molecule has 1 aromatic carbocycles. The molecule has 0 spiro atoms. The predicted molar refractivity (Wildman–Crippen MR) is 77.5 cm³/mol. The smallest absolute Gasteiger partial charge is 0.258 e. The molecule has 1 unspecified atom stereocenters. The van der Waals surface area contributed by atoms with Gasteiger partial charge in [0.25, 0.3) is 5.89 Å². The third kappa shape index (κ3) is 3.56.